The lowest BCUT2D eigenvalue weighted by Crippen LogP contribution is -2.04. The third kappa shape index (κ3) is 3.48. The lowest BCUT2D eigenvalue weighted by Gasteiger charge is -2.14. The molecule has 0 atom stereocenters. The first-order valence-electron chi connectivity index (χ1n) is 8.69. The van der Waals surface area contributed by atoms with Crippen LogP contribution in [0.15, 0.2) is 59.5 Å². The molecular weight excluding hydrogens is 418 g/mol. The van der Waals surface area contributed by atoms with Gasteiger partial charge in [0.25, 0.3) is 0 Å². The fourth-order valence-electron chi connectivity index (χ4n) is 2.94. The Bertz CT molecular complexity index is 1180. The van der Waals surface area contributed by atoms with Crippen LogP contribution in [0.25, 0.3) is 10.9 Å². The zero-order valence-electron chi connectivity index (χ0n) is 15.4. The van der Waals surface area contributed by atoms with Crippen LogP contribution < -0.4 is 15.8 Å². The maximum Gasteiger partial charge on any atom is 0.248 e. The van der Waals surface area contributed by atoms with Crippen molar-refractivity contribution in [3.05, 3.63) is 70.6 Å². The van der Waals surface area contributed by atoms with Gasteiger partial charge in [0.15, 0.2) is 11.6 Å². The van der Waals surface area contributed by atoms with Crippen molar-refractivity contribution >= 4 is 44.0 Å². The SMILES string of the molecule is Cc1ccc(Nc2ncnc(Oc3ccc(Br)c4cccnc34)c2N)c(C)c1. The zero-order valence-corrected chi connectivity index (χ0v) is 17.0. The Balaban J connectivity index is 1.69. The molecule has 0 aliphatic carbocycles. The fourth-order valence-corrected chi connectivity index (χ4v) is 3.39. The second kappa shape index (κ2) is 7.44. The number of nitrogens with two attached hydrogens (primary N) is 1. The quantitative estimate of drug-likeness (QED) is 0.438. The molecule has 28 heavy (non-hydrogen) atoms. The minimum Gasteiger partial charge on any atom is -0.435 e. The number of anilines is 3. The molecule has 0 unspecified atom stereocenters. The molecule has 0 amide bonds. The van der Waals surface area contributed by atoms with Gasteiger partial charge in [-0.05, 0) is 43.7 Å². The minimum absolute atomic E-state index is 0.275. The van der Waals surface area contributed by atoms with Crippen LogP contribution >= 0.6 is 15.9 Å². The van der Waals surface area contributed by atoms with E-state index in [9.17, 15) is 0 Å². The number of aromatic nitrogens is 3. The standard InChI is InChI=1S/C21H18BrN5O/c1-12-5-7-16(13(2)10-12)27-20-18(23)21(26-11-25-20)28-17-8-6-15(22)14-4-3-9-24-19(14)17/h3-11H,23H2,1-2H3,(H,25,26,27). The Labute approximate surface area is 170 Å². The molecule has 140 valence electrons. The van der Waals surface area contributed by atoms with E-state index in [0.29, 0.717) is 17.3 Å². The third-order valence-corrected chi connectivity index (χ3v) is 5.06. The molecule has 2 heterocycles. The molecule has 0 radical (unpaired) electrons. The molecule has 0 bridgehead atoms. The number of hydrogen-bond donors (Lipinski definition) is 2. The van der Waals surface area contributed by atoms with E-state index >= 15 is 0 Å². The van der Waals surface area contributed by atoms with E-state index in [2.05, 4.69) is 49.2 Å². The molecule has 3 N–H and O–H groups in total. The number of nitrogen functional groups attached to an aromatic ring is 1. The van der Waals surface area contributed by atoms with E-state index < -0.39 is 0 Å². The molecule has 4 rings (SSSR count). The van der Waals surface area contributed by atoms with Gasteiger partial charge in [-0.1, -0.05) is 39.7 Å². The summed E-state index contributed by atoms with van der Waals surface area (Å²) in [6, 6.07) is 13.7. The monoisotopic (exact) mass is 435 g/mol. The van der Waals surface area contributed by atoms with Crippen LogP contribution in [0, 0.1) is 13.8 Å². The molecule has 0 aliphatic rings. The van der Waals surface area contributed by atoms with Crippen LogP contribution in [-0.2, 0) is 0 Å². The molecule has 4 aromatic rings. The van der Waals surface area contributed by atoms with E-state index in [4.69, 9.17) is 10.5 Å². The Morgan fingerprint density at radius 2 is 1.89 bits per heavy atom. The number of halogens is 1. The van der Waals surface area contributed by atoms with Crippen molar-refractivity contribution in [1.82, 2.24) is 15.0 Å². The van der Waals surface area contributed by atoms with Gasteiger partial charge < -0.3 is 15.8 Å². The molecular formula is C21H18BrN5O. The summed E-state index contributed by atoms with van der Waals surface area (Å²) in [6.07, 6.45) is 3.14. The van der Waals surface area contributed by atoms with Crippen molar-refractivity contribution < 1.29 is 4.74 Å². The Kier molecular flexibility index (Phi) is 4.83. The van der Waals surface area contributed by atoms with Gasteiger partial charge in [-0.15, -0.1) is 0 Å². The number of aryl methyl sites for hydroxylation is 2. The van der Waals surface area contributed by atoms with Crippen molar-refractivity contribution in [1.29, 1.82) is 0 Å². The van der Waals surface area contributed by atoms with Gasteiger partial charge in [0.05, 0.1) is 0 Å². The molecule has 6 nitrogen and oxygen atoms in total. The van der Waals surface area contributed by atoms with Crippen LogP contribution in [0.2, 0.25) is 0 Å². The van der Waals surface area contributed by atoms with Crippen LogP contribution in [0.3, 0.4) is 0 Å². The predicted octanol–water partition coefficient (Wildman–Crippen LogP) is 5.52. The van der Waals surface area contributed by atoms with E-state index in [1.807, 2.05) is 43.3 Å². The highest BCUT2D eigenvalue weighted by Gasteiger charge is 2.14. The summed E-state index contributed by atoms with van der Waals surface area (Å²) in [6.45, 7) is 4.09. The summed E-state index contributed by atoms with van der Waals surface area (Å²) < 4.78 is 6.95. The average molecular weight is 436 g/mol. The molecule has 0 saturated carbocycles. The average Bonchev–Trinajstić information content (AvgIpc) is 2.69. The number of benzene rings is 2. The molecule has 0 aliphatic heterocycles. The van der Waals surface area contributed by atoms with Crippen molar-refractivity contribution in [2.24, 2.45) is 0 Å². The number of rotatable bonds is 4. The van der Waals surface area contributed by atoms with Gasteiger partial charge in [0.1, 0.15) is 17.5 Å². The van der Waals surface area contributed by atoms with Crippen LogP contribution in [0.4, 0.5) is 17.2 Å². The maximum absolute atomic E-state index is 6.29. The van der Waals surface area contributed by atoms with Crippen LogP contribution in [0.5, 0.6) is 11.6 Å². The smallest absolute Gasteiger partial charge is 0.248 e. The molecule has 2 aromatic heterocycles. The fraction of sp³-hybridized carbons (Fsp3) is 0.0952. The van der Waals surface area contributed by atoms with E-state index in [0.717, 1.165) is 26.6 Å². The van der Waals surface area contributed by atoms with Crippen molar-refractivity contribution in [2.75, 3.05) is 11.1 Å². The minimum atomic E-state index is 0.275. The lowest BCUT2D eigenvalue weighted by atomic mass is 10.1. The zero-order chi connectivity index (χ0) is 19.7. The molecule has 2 aromatic carbocycles. The molecule has 7 heteroatoms. The maximum atomic E-state index is 6.29. The van der Waals surface area contributed by atoms with Crippen molar-refractivity contribution in [3.8, 4) is 11.6 Å². The second-order valence-corrected chi connectivity index (χ2v) is 7.29. The van der Waals surface area contributed by atoms with Gasteiger partial charge >= 0.3 is 0 Å². The highest BCUT2D eigenvalue weighted by atomic mass is 79.9. The summed E-state index contributed by atoms with van der Waals surface area (Å²) >= 11 is 3.54. The van der Waals surface area contributed by atoms with Gasteiger partial charge in [0, 0.05) is 21.7 Å². The van der Waals surface area contributed by atoms with E-state index in [1.165, 1.54) is 11.9 Å². The second-order valence-electron chi connectivity index (χ2n) is 6.43. The number of nitrogens with one attached hydrogen (secondary N) is 1. The number of fused-ring (bicyclic) bond motifs is 1. The first-order chi connectivity index (χ1) is 13.5. The van der Waals surface area contributed by atoms with E-state index in [1.54, 1.807) is 6.20 Å². The first kappa shape index (κ1) is 18.2. The predicted molar refractivity (Wildman–Crippen MR) is 115 cm³/mol. The normalized spacial score (nSPS) is 10.8. The molecule has 0 saturated heterocycles. The summed E-state index contributed by atoms with van der Waals surface area (Å²) in [7, 11) is 0. The van der Waals surface area contributed by atoms with Crippen LogP contribution in [-0.4, -0.2) is 15.0 Å². The number of hydrogen-bond acceptors (Lipinski definition) is 6. The largest absolute Gasteiger partial charge is 0.435 e. The topological polar surface area (TPSA) is 86.0 Å². The number of pyridine rings is 1. The number of nitrogens with zero attached hydrogens (tertiary/aromatic N) is 3. The van der Waals surface area contributed by atoms with Crippen molar-refractivity contribution in [2.45, 2.75) is 13.8 Å². The Morgan fingerprint density at radius 1 is 1.04 bits per heavy atom. The van der Waals surface area contributed by atoms with Crippen molar-refractivity contribution in [3.63, 3.8) is 0 Å². The Hall–Kier alpha value is -3.19. The summed E-state index contributed by atoms with van der Waals surface area (Å²) in [5.74, 6) is 1.34. The molecule has 0 fully saturated rings. The number of ether oxygens (including phenoxy) is 1. The van der Waals surface area contributed by atoms with Gasteiger partial charge in [-0.3, -0.25) is 4.98 Å². The van der Waals surface area contributed by atoms with E-state index in [-0.39, 0.29) is 5.88 Å². The lowest BCUT2D eigenvalue weighted by molar-refractivity contribution is 0.469. The van der Waals surface area contributed by atoms with Gasteiger partial charge in [-0.25, -0.2) is 4.98 Å². The van der Waals surface area contributed by atoms with Gasteiger partial charge in [-0.2, -0.15) is 4.98 Å². The Morgan fingerprint density at radius 3 is 2.71 bits per heavy atom. The summed E-state index contributed by atoms with van der Waals surface area (Å²) in [5.41, 5.74) is 10.6. The van der Waals surface area contributed by atoms with Crippen LogP contribution in [0.1, 0.15) is 11.1 Å². The van der Waals surface area contributed by atoms with Gasteiger partial charge in [0.2, 0.25) is 5.88 Å². The molecule has 0 spiro atoms. The summed E-state index contributed by atoms with van der Waals surface area (Å²) in [4.78, 5) is 12.9. The third-order valence-electron chi connectivity index (χ3n) is 4.37. The summed E-state index contributed by atoms with van der Waals surface area (Å²) in [5, 5.41) is 4.21. The highest BCUT2D eigenvalue weighted by molar-refractivity contribution is 9.10. The first-order valence-corrected chi connectivity index (χ1v) is 9.48. The highest BCUT2D eigenvalue weighted by Crippen LogP contribution is 2.36.